The van der Waals surface area contributed by atoms with Crippen LogP contribution in [0, 0.1) is 11.8 Å². The normalized spacial score (nSPS) is 32.9. The highest BCUT2D eigenvalue weighted by molar-refractivity contribution is 6.25. The summed E-state index contributed by atoms with van der Waals surface area (Å²) in [5.41, 5.74) is 3.03. The van der Waals surface area contributed by atoms with Gasteiger partial charge in [0.25, 0.3) is 0 Å². The highest BCUT2D eigenvalue weighted by atomic mass is 16.5. The molecule has 2 aliphatic heterocycles. The first-order valence-electron chi connectivity index (χ1n) is 8.01. The number of Topliss-reactive ketones (excluding diaryl/α,β-unsaturated/α-hetero) is 1. The molecule has 0 aromatic heterocycles. The summed E-state index contributed by atoms with van der Waals surface area (Å²) in [6.07, 6.45) is 2.57. The van der Waals surface area contributed by atoms with Gasteiger partial charge in [-0.25, -0.2) is 0 Å². The van der Waals surface area contributed by atoms with E-state index >= 15 is 0 Å². The van der Waals surface area contributed by atoms with Crippen LogP contribution in [-0.4, -0.2) is 28.2 Å². The van der Waals surface area contributed by atoms with Gasteiger partial charge in [0.05, 0.1) is 36.2 Å². The molecule has 2 N–H and O–H groups in total. The number of hydrogen-bond acceptors (Lipinski definition) is 4. The van der Waals surface area contributed by atoms with Crippen molar-refractivity contribution >= 4 is 11.4 Å². The molecule has 1 aromatic rings. The number of carbonyl (C=O) groups excluding carboxylic acids is 1. The van der Waals surface area contributed by atoms with Crippen LogP contribution in [0.15, 0.2) is 24.0 Å². The maximum Gasteiger partial charge on any atom is 0.173 e. The third kappa shape index (κ3) is 1.74. The van der Waals surface area contributed by atoms with Crippen molar-refractivity contribution in [1.29, 1.82) is 0 Å². The Kier molecular flexibility index (Phi) is 3.13. The van der Waals surface area contributed by atoms with E-state index in [0.717, 1.165) is 36.0 Å². The number of allylic oxidation sites excluding steroid dienone is 1. The minimum Gasteiger partial charge on any atom is -0.511 e. The van der Waals surface area contributed by atoms with E-state index in [1.54, 1.807) is 0 Å². The van der Waals surface area contributed by atoms with Gasteiger partial charge in [-0.05, 0) is 42.0 Å². The Bertz CT molecular complexity index is 676. The predicted octanol–water partition coefficient (Wildman–Crippen LogP) is 2.39. The highest BCUT2D eigenvalue weighted by Crippen LogP contribution is 2.53. The second-order valence-corrected chi connectivity index (χ2v) is 6.47. The van der Waals surface area contributed by atoms with Gasteiger partial charge in [-0.3, -0.25) is 4.79 Å². The third-order valence-corrected chi connectivity index (χ3v) is 5.40. The summed E-state index contributed by atoms with van der Waals surface area (Å²) in [6.45, 7) is 1.96. The molecule has 116 valence electrons. The minimum absolute atomic E-state index is 0.0115. The fraction of sp³-hybridized carbons (Fsp3) is 0.500. The van der Waals surface area contributed by atoms with Gasteiger partial charge in [0, 0.05) is 0 Å². The van der Waals surface area contributed by atoms with Gasteiger partial charge in [-0.15, -0.1) is 0 Å². The second-order valence-electron chi connectivity index (χ2n) is 6.47. The van der Waals surface area contributed by atoms with Crippen LogP contribution in [0.4, 0.5) is 0 Å². The van der Waals surface area contributed by atoms with Gasteiger partial charge < -0.3 is 14.9 Å². The number of ketones is 1. The molecule has 2 bridgehead atoms. The van der Waals surface area contributed by atoms with E-state index in [9.17, 15) is 15.0 Å². The summed E-state index contributed by atoms with van der Waals surface area (Å²) in [4.78, 5) is 12.9. The van der Waals surface area contributed by atoms with E-state index in [1.807, 2.05) is 25.1 Å². The smallest absolute Gasteiger partial charge is 0.173 e. The average Bonchev–Trinajstić information content (AvgIpc) is 3.21. The second kappa shape index (κ2) is 4.93. The van der Waals surface area contributed by atoms with Crippen molar-refractivity contribution in [1.82, 2.24) is 0 Å². The van der Waals surface area contributed by atoms with Crippen LogP contribution in [0.3, 0.4) is 0 Å². The first-order valence-corrected chi connectivity index (χ1v) is 8.01. The van der Waals surface area contributed by atoms with Crippen molar-refractivity contribution in [3.05, 3.63) is 40.6 Å². The molecule has 3 aliphatic rings. The van der Waals surface area contributed by atoms with Crippen molar-refractivity contribution in [3.8, 4) is 0 Å². The molecule has 4 nitrogen and oxygen atoms in total. The standard InChI is InChI=1S/C18H20O4/c1-2-10-4-3-9(8-19)7-11(10)14-17(20)15-12-5-6-13(22-12)16(15)18(14)21/h3-4,7,12-13,15-16,19-20H,2,5-6,8H2,1H3. The number of rotatable bonds is 3. The molecule has 1 aromatic carbocycles. The van der Waals surface area contributed by atoms with Gasteiger partial charge in [0.1, 0.15) is 5.76 Å². The fourth-order valence-corrected chi connectivity index (χ4v) is 4.35. The van der Waals surface area contributed by atoms with E-state index in [1.165, 1.54) is 0 Å². The molecule has 0 radical (unpaired) electrons. The van der Waals surface area contributed by atoms with Crippen LogP contribution < -0.4 is 0 Å². The largest absolute Gasteiger partial charge is 0.511 e. The zero-order valence-electron chi connectivity index (χ0n) is 12.6. The molecule has 1 aliphatic carbocycles. The molecular weight excluding hydrogens is 280 g/mol. The molecule has 2 fully saturated rings. The van der Waals surface area contributed by atoms with E-state index in [4.69, 9.17) is 4.74 Å². The fourth-order valence-electron chi connectivity index (χ4n) is 4.35. The van der Waals surface area contributed by atoms with E-state index in [2.05, 4.69) is 0 Å². The van der Waals surface area contributed by atoms with Crippen LogP contribution >= 0.6 is 0 Å². The molecule has 4 rings (SSSR count). The van der Waals surface area contributed by atoms with Crippen LogP contribution in [0.2, 0.25) is 0 Å². The Labute approximate surface area is 129 Å². The lowest BCUT2D eigenvalue weighted by Crippen LogP contribution is -2.29. The number of aliphatic hydroxyl groups excluding tert-OH is 2. The van der Waals surface area contributed by atoms with Crippen molar-refractivity contribution in [2.45, 2.75) is 45.0 Å². The first-order chi connectivity index (χ1) is 10.7. The van der Waals surface area contributed by atoms with Crippen LogP contribution in [-0.2, 0) is 22.6 Å². The molecule has 2 heterocycles. The lowest BCUT2D eigenvalue weighted by molar-refractivity contribution is -0.118. The molecule has 4 unspecified atom stereocenters. The maximum atomic E-state index is 12.9. The number of ether oxygens (including phenoxy) is 1. The Morgan fingerprint density at radius 2 is 1.95 bits per heavy atom. The van der Waals surface area contributed by atoms with Crippen molar-refractivity contribution < 1.29 is 19.7 Å². The Morgan fingerprint density at radius 3 is 2.59 bits per heavy atom. The molecule has 22 heavy (non-hydrogen) atoms. The number of fused-ring (bicyclic) bond motifs is 5. The molecule has 0 saturated carbocycles. The van der Waals surface area contributed by atoms with E-state index in [-0.39, 0.29) is 42.2 Å². The topological polar surface area (TPSA) is 66.8 Å². The molecule has 4 atom stereocenters. The summed E-state index contributed by atoms with van der Waals surface area (Å²) in [5, 5.41) is 20.1. The van der Waals surface area contributed by atoms with Gasteiger partial charge in [-0.2, -0.15) is 0 Å². The molecule has 4 heteroatoms. The zero-order valence-corrected chi connectivity index (χ0v) is 12.6. The number of carbonyl (C=O) groups is 1. The minimum atomic E-state index is -0.212. The summed E-state index contributed by atoms with van der Waals surface area (Å²) < 4.78 is 5.81. The number of aryl methyl sites for hydroxylation is 1. The van der Waals surface area contributed by atoms with Crippen LogP contribution in [0.5, 0.6) is 0 Å². The molecule has 0 spiro atoms. The Hall–Kier alpha value is -1.65. The lowest BCUT2D eigenvalue weighted by atomic mass is 9.80. The van der Waals surface area contributed by atoms with Gasteiger partial charge in [0.15, 0.2) is 5.78 Å². The molecular formula is C18H20O4. The molecule has 0 amide bonds. The number of aliphatic hydroxyl groups is 2. The quantitative estimate of drug-likeness (QED) is 0.899. The average molecular weight is 300 g/mol. The van der Waals surface area contributed by atoms with E-state index in [0.29, 0.717) is 5.57 Å². The Morgan fingerprint density at radius 1 is 1.23 bits per heavy atom. The molecule has 2 saturated heterocycles. The van der Waals surface area contributed by atoms with Crippen LogP contribution in [0.1, 0.15) is 36.5 Å². The summed E-state index contributed by atoms with van der Waals surface area (Å²) in [7, 11) is 0. The van der Waals surface area contributed by atoms with Crippen LogP contribution in [0.25, 0.3) is 5.57 Å². The van der Waals surface area contributed by atoms with Gasteiger partial charge in [-0.1, -0.05) is 19.1 Å². The predicted molar refractivity (Wildman–Crippen MR) is 81.2 cm³/mol. The van der Waals surface area contributed by atoms with Crippen molar-refractivity contribution in [3.63, 3.8) is 0 Å². The number of benzene rings is 1. The van der Waals surface area contributed by atoms with Gasteiger partial charge in [0.2, 0.25) is 0 Å². The highest BCUT2D eigenvalue weighted by Gasteiger charge is 2.59. The SMILES string of the molecule is CCc1ccc(CO)cc1C1=C(O)C2C3CCC(O3)C2C1=O. The summed E-state index contributed by atoms with van der Waals surface area (Å²) in [6, 6.07) is 5.65. The van der Waals surface area contributed by atoms with Crippen molar-refractivity contribution in [2.24, 2.45) is 11.8 Å². The Balaban J connectivity index is 1.84. The third-order valence-electron chi connectivity index (χ3n) is 5.40. The lowest BCUT2D eigenvalue weighted by Gasteiger charge is -2.19. The van der Waals surface area contributed by atoms with Crippen molar-refractivity contribution in [2.75, 3.05) is 0 Å². The monoisotopic (exact) mass is 300 g/mol. The zero-order chi connectivity index (χ0) is 15.4. The first kappa shape index (κ1) is 14.0. The van der Waals surface area contributed by atoms with Gasteiger partial charge >= 0.3 is 0 Å². The maximum absolute atomic E-state index is 12.9. The summed E-state index contributed by atoms with van der Waals surface area (Å²) >= 11 is 0. The number of hydrogen-bond donors (Lipinski definition) is 2. The summed E-state index contributed by atoms with van der Waals surface area (Å²) in [5.74, 6) is -0.161. The van der Waals surface area contributed by atoms with E-state index < -0.39 is 0 Å².